The van der Waals surface area contributed by atoms with E-state index in [9.17, 15) is 4.79 Å². The topological polar surface area (TPSA) is 90.1 Å². The molecule has 8 heteroatoms. The van der Waals surface area contributed by atoms with Gasteiger partial charge >= 0.3 is 0 Å². The summed E-state index contributed by atoms with van der Waals surface area (Å²) >= 11 is 2.74. The number of hydrogen-bond donors (Lipinski definition) is 2. The average Bonchev–Trinajstić information content (AvgIpc) is 3.36. The van der Waals surface area contributed by atoms with Gasteiger partial charge in [0.1, 0.15) is 15.5 Å². The minimum Gasteiger partial charge on any atom is -0.497 e. The van der Waals surface area contributed by atoms with Crippen molar-refractivity contribution < 1.29 is 9.53 Å². The minimum atomic E-state index is -0.248. The Kier molecular flexibility index (Phi) is 3.76. The first-order valence-corrected chi connectivity index (χ1v) is 10.2. The molecule has 0 saturated carbocycles. The number of aromatic nitrogens is 2. The number of anilines is 2. The molecule has 3 heterocycles. The van der Waals surface area contributed by atoms with Gasteiger partial charge in [0.2, 0.25) is 0 Å². The van der Waals surface area contributed by atoms with Gasteiger partial charge in [0.15, 0.2) is 5.13 Å². The van der Waals surface area contributed by atoms with Crippen LogP contribution in [0, 0.1) is 0 Å². The van der Waals surface area contributed by atoms with Crippen LogP contribution < -0.4 is 15.8 Å². The number of fused-ring (bicyclic) bond motifs is 3. The number of pyridine rings is 1. The molecule has 0 bridgehead atoms. The number of thiazole rings is 1. The summed E-state index contributed by atoms with van der Waals surface area (Å²) in [7, 11) is 1.62. The summed E-state index contributed by atoms with van der Waals surface area (Å²) in [6, 6.07) is 7.72. The highest BCUT2D eigenvalue weighted by Crippen LogP contribution is 2.37. The van der Waals surface area contributed by atoms with Crippen molar-refractivity contribution in [1.29, 1.82) is 0 Å². The Labute approximate surface area is 163 Å². The van der Waals surface area contributed by atoms with Crippen molar-refractivity contribution in [2.24, 2.45) is 0 Å². The summed E-state index contributed by atoms with van der Waals surface area (Å²) in [6.45, 7) is 0. The summed E-state index contributed by atoms with van der Waals surface area (Å²) in [5, 5.41) is 4.29. The van der Waals surface area contributed by atoms with Crippen LogP contribution in [-0.2, 0) is 12.8 Å². The van der Waals surface area contributed by atoms with Crippen molar-refractivity contribution in [2.75, 3.05) is 18.2 Å². The monoisotopic (exact) mass is 396 g/mol. The molecule has 3 N–H and O–H groups in total. The van der Waals surface area contributed by atoms with Crippen LogP contribution in [0.3, 0.4) is 0 Å². The Bertz CT molecular complexity index is 1210. The molecule has 0 aliphatic heterocycles. The molecule has 1 amide bonds. The van der Waals surface area contributed by atoms with Crippen molar-refractivity contribution in [3.63, 3.8) is 0 Å². The smallest absolute Gasteiger partial charge is 0.269 e. The number of carbonyl (C=O) groups is 1. The van der Waals surface area contributed by atoms with Crippen molar-refractivity contribution in [2.45, 2.75) is 19.3 Å². The summed E-state index contributed by atoms with van der Waals surface area (Å²) in [4.78, 5) is 23.3. The molecule has 0 unspecified atom stereocenters. The Morgan fingerprint density at radius 3 is 2.96 bits per heavy atom. The number of ether oxygens (including phenoxy) is 1. The van der Waals surface area contributed by atoms with Crippen LogP contribution in [-0.4, -0.2) is 23.0 Å². The van der Waals surface area contributed by atoms with Crippen molar-refractivity contribution in [3.8, 4) is 5.75 Å². The minimum absolute atomic E-state index is 0.248. The Morgan fingerprint density at radius 2 is 2.11 bits per heavy atom. The lowest BCUT2D eigenvalue weighted by Gasteiger charge is -2.00. The molecule has 6 nitrogen and oxygen atoms in total. The molecule has 5 rings (SSSR count). The van der Waals surface area contributed by atoms with E-state index in [1.54, 1.807) is 7.11 Å². The molecule has 0 fully saturated rings. The average molecular weight is 396 g/mol. The summed E-state index contributed by atoms with van der Waals surface area (Å²) in [6.07, 6.45) is 3.17. The lowest BCUT2D eigenvalue weighted by atomic mass is 10.1. The van der Waals surface area contributed by atoms with E-state index >= 15 is 0 Å². The number of rotatable bonds is 3. The third-order valence-corrected chi connectivity index (χ3v) is 6.82. The molecule has 136 valence electrons. The third kappa shape index (κ3) is 2.72. The molecule has 1 aliphatic carbocycles. The van der Waals surface area contributed by atoms with Gasteiger partial charge in [-0.1, -0.05) is 11.3 Å². The maximum absolute atomic E-state index is 12.8. The first kappa shape index (κ1) is 16.5. The van der Waals surface area contributed by atoms with Gasteiger partial charge < -0.3 is 10.5 Å². The van der Waals surface area contributed by atoms with E-state index in [0.717, 1.165) is 51.1 Å². The van der Waals surface area contributed by atoms with E-state index in [0.29, 0.717) is 15.7 Å². The second-order valence-corrected chi connectivity index (χ2v) is 8.48. The molecule has 0 atom stereocenters. The number of carbonyl (C=O) groups excluding carboxylic acids is 1. The molecule has 4 aromatic rings. The summed E-state index contributed by atoms with van der Waals surface area (Å²) in [5.41, 5.74) is 9.98. The number of aryl methyl sites for hydroxylation is 2. The number of thiophene rings is 1. The second kappa shape index (κ2) is 6.17. The second-order valence-electron chi connectivity index (χ2n) is 6.45. The van der Waals surface area contributed by atoms with Crippen LogP contribution in [0.2, 0.25) is 0 Å². The lowest BCUT2D eigenvalue weighted by molar-refractivity contribution is 0.103. The number of nitrogen functional groups attached to an aromatic ring is 1. The van der Waals surface area contributed by atoms with Gasteiger partial charge in [0.05, 0.1) is 23.0 Å². The quantitative estimate of drug-likeness (QED) is 0.541. The van der Waals surface area contributed by atoms with Crippen LogP contribution in [0.15, 0.2) is 24.3 Å². The predicted octanol–water partition coefficient (Wildman–Crippen LogP) is 4.24. The Balaban J connectivity index is 1.48. The largest absolute Gasteiger partial charge is 0.497 e. The molecule has 3 aromatic heterocycles. The number of methoxy groups -OCH3 is 1. The van der Waals surface area contributed by atoms with E-state index in [1.165, 1.54) is 28.2 Å². The predicted molar refractivity (Wildman–Crippen MR) is 110 cm³/mol. The van der Waals surface area contributed by atoms with Crippen molar-refractivity contribution in [3.05, 3.63) is 40.4 Å². The molecule has 0 radical (unpaired) electrons. The number of nitrogens with zero attached hydrogens (tertiary/aromatic N) is 2. The fourth-order valence-electron chi connectivity index (χ4n) is 3.41. The number of nitrogens with one attached hydrogen (secondary N) is 1. The zero-order valence-electron chi connectivity index (χ0n) is 14.5. The highest BCUT2D eigenvalue weighted by molar-refractivity contribution is 7.23. The third-order valence-electron chi connectivity index (χ3n) is 4.77. The highest BCUT2D eigenvalue weighted by atomic mass is 32.1. The molecule has 27 heavy (non-hydrogen) atoms. The maximum atomic E-state index is 12.8. The van der Waals surface area contributed by atoms with Gasteiger partial charge in [-0.2, -0.15) is 0 Å². The number of amides is 1. The number of hydrogen-bond acceptors (Lipinski definition) is 7. The molecule has 1 aromatic carbocycles. The van der Waals surface area contributed by atoms with Gasteiger partial charge in [-0.3, -0.25) is 10.1 Å². The fraction of sp³-hybridized carbons (Fsp3) is 0.211. The first-order chi connectivity index (χ1) is 13.1. The summed E-state index contributed by atoms with van der Waals surface area (Å²) in [5.74, 6) is 0.513. The maximum Gasteiger partial charge on any atom is 0.269 e. The zero-order chi connectivity index (χ0) is 18.5. The van der Waals surface area contributed by atoms with E-state index in [4.69, 9.17) is 15.5 Å². The van der Waals surface area contributed by atoms with Crippen LogP contribution >= 0.6 is 22.7 Å². The SMILES string of the molecule is COc1ccc2nc(NC(=O)c3sc4nc5c(cc4c3N)CCC5)sc2c1. The van der Waals surface area contributed by atoms with E-state index in [1.807, 2.05) is 18.2 Å². The normalized spacial score (nSPS) is 13.2. The van der Waals surface area contributed by atoms with Gasteiger partial charge in [0.25, 0.3) is 5.91 Å². The first-order valence-electron chi connectivity index (χ1n) is 8.59. The molecular weight excluding hydrogens is 380 g/mol. The van der Waals surface area contributed by atoms with Crippen LogP contribution in [0.25, 0.3) is 20.4 Å². The molecular formula is C19H16N4O2S2. The Morgan fingerprint density at radius 1 is 1.22 bits per heavy atom. The van der Waals surface area contributed by atoms with Gasteiger partial charge in [0, 0.05) is 11.1 Å². The van der Waals surface area contributed by atoms with Crippen LogP contribution in [0.1, 0.15) is 27.3 Å². The van der Waals surface area contributed by atoms with Gasteiger partial charge in [-0.25, -0.2) is 9.97 Å². The molecule has 1 aliphatic rings. The van der Waals surface area contributed by atoms with Crippen LogP contribution in [0.5, 0.6) is 5.75 Å². The van der Waals surface area contributed by atoms with Gasteiger partial charge in [-0.05, 0) is 49.1 Å². The van der Waals surface area contributed by atoms with E-state index in [-0.39, 0.29) is 5.91 Å². The highest BCUT2D eigenvalue weighted by Gasteiger charge is 2.21. The van der Waals surface area contributed by atoms with Crippen LogP contribution in [0.4, 0.5) is 10.8 Å². The zero-order valence-corrected chi connectivity index (χ0v) is 16.2. The molecule has 0 saturated heterocycles. The van der Waals surface area contributed by atoms with Crippen molar-refractivity contribution in [1.82, 2.24) is 9.97 Å². The lowest BCUT2D eigenvalue weighted by Crippen LogP contribution is -2.11. The Hall–Kier alpha value is -2.71. The summed E-state index contributed by atoms with van der Waals surface area (Å²) < 4.78 is 6.19. The fourth-order valence-corrected chi connectivity index (χ4v) is 5.29. The number of benzene rings is 1. The molecule has 0 spiro atoms. The van der Waals surface area contributed by atoms with E-state index in [2.05, 4.69) is 16.4 Å². The van der Waals surface area contributed by atoms with E-state index < -0.39 is 0 Å². The number of nitrogens with two attached hydrogens (primary N) is 1. The standard InChI is InChI=1S/C19H16N4O2S2/c1-25-10-5-6-13-14(8-10)26-19(22-13)23-17(24)16-15(20)11-7-9-3-2-4-12(9)21-18(11)27-16/h5-8H,2-4,20H2,1H3,(H,22,23,24). The van der Waals surface area contributed by atoms with Crippen molar-refractivity contribution >= 4 is 59.8 Å². The van der Waals surface area contributed by atoms with Gasteiger partial charge in [-0.15, -0.1) is 11.3 Å².